The summed E-state index contributed by atoms with van der Waals surface area (Å²) in [6.07, 6.45) is 3.82. The van der Waals surface area contributed by atoms with Gasteiger partial charge in [-0.2, -0.15) is 0 Å². The molecule has 0 aliphatic rings. The van der Waals surface area contributed by atoms with Gasteiger partial charge in [-0.1, -0.05) is 36.4 Å². The Morgan fingerprint density at radius 1 is 0.393 bits per heavy atom. The minimum Gasteiger partial charge on any atom is -0.480 e. The Labute approximate surface area is 484 Å². The van der Waals surface area contributed by atoms with Crippen LogP contribution in [0.4, 0.5) is 0 Å². The highest BCUT2D eigenvalue weighted by Gasteiger charge is 2.35. The van der Waals surface area contributed by atoms with E-state index in [9.17, 15) is 33.9 Å². The second-order valence-corrected chi connectivity index (χ2v) is 19.7. The fraction of sp³-hybridized carbons (Fsp3) is 0.462. The number of carboxylic acids is 1. The topological polar surface area (TPSA) is 591 Å². The Balaban J connectivity index is 1.73. The molecule has 0 unspecified atom stereocenters. The molecule has 4 aromatic rings. The van der Waals surface area contributed by atoms with Gasteiger partial charge in [0, 0.05) is 79.8 Å². The van der Waals surface area contributed by atoms with Crippen LogP contribution in [0, 0.1) is 0 Å². The van der Waals surface area contributed by atoms with Crippen molar-refractivity contribution < 1.29 is 38.7 Å². The predicted molar refractivity (Wildman–Crippen MR) is 321 cm³/mol. The Morgan fingerprint density at radius 3 is 1.00 bits per heavy atom. The molecule has 32 heteroatoms. The number of benzene rings is 2. The van der Waals surface area contributed by atoms with Gasteiger partial charge in [-0.3, -0.25) is 53.7 Å². The van der Waals surface area contributed by atoms with E-state index >= 15 is 4.79 Å². The van der Waals surface area contributed by atoms with Crippen LogP contribution < -0.4 is 95.0 Å². The summed E-state index contributed by atoms with van der Waals surface area (Å²) < 4.78 is 0. The smallest absolute Gasteiger partial charge is 0.326 e. The van der Waals surface area contributed by atoms with E-state index in [4.69, 9.17) is 63.1 Å². The SMILES string of the molecule is NC(N)=NCCC[C@H](NC(=O)[C@H](Cc1c[nH]c2ccccc12)NC(=O)[C@H](CCCN=C(N)N)NC(=O)[C@H](Cc1c[nH]c2ccccc12)NC(=O)[C@H](CCCN=C(N)N)NC(=O)[C@H](CCCN=C(N)N)NC(=O)[C@@H](N)CCCN=C(N)N)C(=O)O. The number of aromatic amines is 2. The maximum Gasteiger partial charge on any atom is 0.326 e. The molecular weight excluding hydrogens is 1090 g/mol. The molecule has 84 heavy (non-hydrogen) atoms. The molecule has 2 heterocycles. The second-order valence-electron chi connectivity index (χ2n) is 19.7. The zero-order valence-electron chi connectivity index (χ0n) is 46.7. The minimum atomic E-state index is -1.48. The monoisotopic (exact) mass is 1170 g/mol. The number of nitrogens with one attached hydrogen (secondary N) is 8. The molecule has 458 valence electrons. The summed E-state index contributed by atoms with van der Waals surface area (Å²) in [5.74, 6) is -7.28. The highest BCUT2D eigenvalue weighted by molar-refractivity contribution is 5.98. The number of hydrogen-bond acceptors (Lipinski definition) is 13. The zero-order valence-corrected chi connectivity index (χ0v) is 46.7. The van der Waals surface area contributed by atoms with E-state index in [2.05, 4.69) is 66.8 Å². The van der Waals surface area contributed by atoms with Crippen LogP contribution in [0.15, 0.2) is 85.9 Å². The molecular formula is C52H82N24O8. The minimum absolute atomic E-state index is 0.0131. The van der Waals surface area contributed by atoms with Crippen LogP contribution in [0.1, 0.15) is 75.3 Å². The van der Waals surface area contributed by atoms with Crippen molar-refractivity contribution in [2.45, 2.75) is 119 Å². The molecule has 0 saturated carbocycles. The van der Waals surface area contributed by atoms with Gasteiger partial charge >= 0.3 is 5.97 Å². The van der Waals surface area contributed by atoms with Gasteiger partial charge in [0.05, 0.1) is 6.04 Å². The maximum atomic E-state index is 15.0. The van der Waals surface area contributed by atoms with Gasteiger partial charge in [0.15, 0.2) is 29.8 Å². The third kappa shape index (κ3) is 23.3. The van der Waals surface area contributed by atoms with Crippen molar-refractivity contribution in [3.63, 3.8) is 0 Å². The molecule has 0 fully saturated rings. The van der Waals surface area contributed by atoms with Crippen LogP contribution in [0.3, 0.4) is 0 Å². The molecule has 0 saturated heterocycles. The Hall–Kier alpha value is -9.88. The molecule has 0 bridgehead atoms. The number of guanidine groups is 5. The van der Waals surface area contributed by atoms with E-state index in [1.807, 2.05) is 24.3 Å². The number of hydrogen-bond donors (Lipinski definition) is 20. The fourth-order valence-electron chi connectivity index (χ4n) is 8.83. The molecule has 2 aromatic heterocycles. The van der Waals surface area contributed by atoms with E-state index in [1.165, 1.54) is 0 Å². The van der Waals surface area contributed by atoms with E-state index in [1.54, 1.807) is 36.7 Å². The number of H-pyrrole nitrogens is 2. The van der Waals surface area contributed by atoms with Gasteiger partial charge in [-0.05, 0) is 87.5 Å². The summed E-state index contributed by atoms with van der Waals surface area (Å²) >= 11 is 0. The molecule has 0 aliphatic heterocycles. The van der Waals surface area contributed by atoms with Gasteiger partial charge in [0.2, 0.25) is 35.4 Å². The van der Waals surface area contributed by atoms with Crippen LogP contribution in [0.25, 0.3) is 21.8 Å². The first kappa shape index (κ1) is 66.6. The van der Waals surface area contributed by atoms with Crippen molar-refractivity contribution in [2.75, 3.05) is 32.7 Å². The molecule has 0 spiro atoms. The number of para-hydroxylation sites is 2. The molecule has 6 amide bonds. The lowest BCUT2D eigenvalue weighted by atomic mass is 10.0. The summed E-state index contributed by atoms with van der Waals surface area (Å²) in [7, 11) is 0. The average Bonchev–Trinajstić information content (AvgIpc) is 4.24. The molecule has 0 radical (unpaired) electrons. The number of nitrogens with zero attached hydrogens (tertiary/aromatic N) is 5. The van der Waals surface area contributed by atoms with Gasteiger partial charge in [-0.15, -0.1) is 0 Å². The van der Waals surface area contributed by atoms with Crippen molar-refractivity contribution in [3.05, 3.63) is 72.1 Å². The standard InChI is InChI=1S/C52H82N24O8/c53-32(12-5-19-64-48(54)55)41(77)71-35(15-6-20-65-49(56)57)42(78)72-36(16-7-21-66-50(58)59)43(79)75-39(24-28-26-69-33-13-3-1-10-30(28)33)45(81)73-37(17-8-22-67-51(60)61)44(80)76-40(25-29-27-70-34-14-4-2-11-31(29)34)46(82)74-38(47(83)84)18-9-23-68-52(62)63/h1-4,10-11,13-14,26-27,32,35-40,69-70H,5-9,12,15-25,53H2,(H,71,77)(H,72,78)(H,73,81)(H,74,82)(H,75,79)(H,76,80)(H,83,84)(H4,54,55,64)(H4,56,57,65)(H4,58,59,66)(H4,60,61,67)(H4,62,63,68)/t32-,35-,36-,37-,38-,39-,40-/m0/s1. The van der Waals surface area contributed by atoms with Crippen molar-refractivity contribution in [3.8, 4) is 0 Å². The molecule has 0 aliphatic carbocycles. The van der Waals surface area contributed by atoms with Crippen LogP contribution in [0.2, 0.25) is 0 Å². The van der Waals surface area contributed by atoms with Crippen molar-refractivity contribution >= 4 is 93.0 Å². The molecule has 32 nitrogen and oxygen atoms in total. The normalized spacial score (nSPS) is 13.4. The maximum absolute atomic E-state index is 15.0. The number of aliphatic imine (C=N–C) groups is 5. The zero-order chi connectivity index (χ0) is 61.7. The number of rotatable bonds is 37. The van der Waals surface area contributed by atoms with Gasteiger partial charge in [0.25, 0.3) is 0 Å². The lowest BCUT2D eigenvalue weighted by molar-refractivity contribution is -0.142. The van der Waals surface area contributed by atoms with E-state index in [-0.39, 0.29) is 133 Å². The highest BCUT2D eigenvalue weighted by atomic mass is 16.4. The lowest BCUT2D eigenvalue weighted by Gasteiger charge is -2.28. The van der Waals surface area contributed by atoms with Gasteiger partial charge in [0.1, 0.15) is 36.3 Å². The molecule has 4 rings (SSSR count). The number of carbonyl (C=O) groups is 7. The Morgan fingerprint density at radius 2 is 0.667 bits per heavy atom. The largest absolute Gasteiger partial charge is 0.480 e. The van der Waals surface area contributed by atoms with Crippen molar-refractivity contribution in [1.29, 1.82) is 0 Å². The van der Waals surface area contributed by atoms with Crippen LogP contribution >= 0.6 is 0 Å². The third-order valence-electron chi connectivity index (χ3n) is 13.1. The number of carbonyl (C=O) groups excluding carboxylic acids is 6. The second kappa shape index (κ2) is 34.4. The van der Waals surface area contributed by atoms with Crippen LogP contribution in [-0.4, -0.2) is 161 Å². The summed E-state index contributed by atoms with van der Waals surface area (Å²) in [5, 5.41) is 27.8. The van der Waals surface area contributed by atoms with Gasteiger partial charge in [-0.25, -0.2) is 4.79 Å². The first-order valence-corrected chi connectivity index (χ1v) is 27.2. The number of aliphatic carboxylic acids is 1. The van der Waals surface area contributed by atoms with E-state index in [0.717, 1.165) is 10.9 Å². The number of amides is 6. The first-order chi connectivity index (χ1) is 40.0. The lowest BCUT2D eigenvalue weighted by Crippen LogP contribution is -2.60. The number of aromatic nitrogens is 2. The average molecular weight is 1170 g/mol. The highest BCUT2D eigenvalue weighted by Crippen LogP contribution is 2.22. The van der Waals surface area contributed by atoms with E-state index in [0.29, 0.717) is 28.5 Å². The van der Waals surface area contributed by atoms with Gasteiger partial charge < -0.3 is 110 Å². The van der Waals surface area contributed by atoms with Crippen molar-refractivity contribution in [2.24, 2.45) is 88.0 Å². The number of carboxylic acid groups (broad SMARTS) is 1. The molecule has 31 N–H and O–H groups in total. The Kier molecular flexibility index (Phi) is 27.3. The summed E-state index contributed by atoms with van der Waals surface area (Å²) in [6, 6.07) is 4.89. The number of nitrogens with two attached hydrogens (primary N) is 11. The molecule has 2 aromatic carbocycles. The quantitative estimate of drug-likeness (QED) is 0.0114. The first-order valence-electron chi connectivity index (χ1n) is 27.2. The fourth-order valence-corrected chi connectivity index (χ4v) is 8.83. The third-order valence-corrected chi connectivity index (χ3v) is 13.1. The van der Waals surface area contributed by atoms with Crippen molar-refractivity contribution in [1.82, 2.24) is 41.9 Å². The van der Waals surface area contributed by atoms with Crippen LogP contribution in [0.5, 0.6) is 0 Å². The summed E-state index contributed by atoms with van der Waals surface area (Å²) in [6.45, 7) is 0.403. The summed E-state index contributed by atoms with van der Waals surface area (Å²) in [5.41, 5.74) is 64.0. The molecule has 7 atom stereocenters. The summed E-state index contributed by atoms with van der Waals surface area (Å²) in [4.78, 5) is 125. The predicted octanol–water partition coefficient (Wildman–Crippen LogP) is -4.98. The Bertz CT molecular complexity index is 2990. The van der Waals surface area contributed by atoms with Crippen LogP contribution in [-0.2, 0) is 46.4 Å². The number of fused-ring (bicyclic) bond motifs is 2. The van der Waals surface area contributed by atoms with E-state index < -0.39 is 83.7 Å².